The quantitative estimate of drug-likeness (QED) is 0.319. The molecule has 6 nitrogen and oxygen atoms in total. The highest BCUT2D eigenvalue weighted by Crippen LogP contribution is 2.26. The number of nitrogens with zero attached hydrogens (tertiary/aromatic N) is 3. The summed E-state index contributed by atoms with van der Waals surface area (Å²) in [6.07, 6.45) is 3.59. The maximum atomic E-state index is 12.1. The molecule has 0 aliphatic carbocycles. The Morgan fingerprint density at radius 3 is 2.65 bits per heavy atom. The number of thiophene rings is 1. The lowest BCUT2D eigenvalue weighted by atomic mass is 10.2. The van der Waals surface area contributed by atoms with Crippen molar-refractivity contribution in [2.24, 2.45) is 5.10 Å². The van der Waals surface area contributed by atoms with Gasteiger partial charge in [0.15, 0.2) is 0 Å². The molecule has 4 aromatic rings. The van der Waals surface area contributed by atoms with E-state index in [2.05, 4.69) is 28.0 Å². The first-order chi connectivity index (χ1) is 15.2. The molecule has 0 atom stereocenters. The third-order valence-corrected chi connectivity index (χ3v) is 5.51. The van der Waals surface area contributed by atoms with Gasteiger partial charge in [-0.25, -0.2) is 5.43 Å². The Morgan fingerprint density at radius 2 is 1.90 bits per heavy atom. The third kappa shape index (κ3) is 5.67. The van der Waals surface area contributed by atoms with Gasteiger partial charge in [-0.1, -0.05) is 54.1 Å². The van der Waals surface area contributed by atoms with E-state index in [1.54, 1.807) is 17.6 Å². The zero-order valence-electron chi connectivity index (χ0n) is 17.2. The summed E-state index contributed by atoms with van der Waals surface area (Å²) < 4.78 is 1.90. The smallest absolute Gasteiger partial charge is 0.259 e. The van der Waals surface area contributed by atoms with Crippen molar-refractivity contribution in [3.8, 4) is 10.6 Å². The van der Waals surface area contributed by atoms with Gasteiger partial charge in [0.2, 0.25) is 0 Å². The zero-order chi connectivity index (χ0) is 21.5. The van der Waals surface area contributed by atoms with E-state index in [4.69, 9.17) is 5.10 Å². The van der Waals surface area contributed by atoms with Crippen LogP contribution in [0.2, 0.25) is 0 Å². The number of hydrazone groups is 1. The van der Waals surface area contributed by atoms with Crippen LogP contribution in [0.4, 0.5) is 5.69 Å². The largest absolute Gasteiger partial charge is 0.376 e. The normalized spacial score (nSPS) is 11.0. The van der Waals surface area contributed by atoms with Crippen molar-refractivity contribution < 1.29 is 4.79 Å². The van der Waals surface area contributed by atoms with E-state index >= 15 is 0 Å². The number of carbonyl (C=O) groups excluding carboxylic acids is 1. The van der Waals surface area contributed by atoms with E-state index in [1.165, 1.54) is 11.1 Å². The zero-order valence-corrected chi connectivity index (χ0v) is 18.0. The second-order valence-corrected chi connectivity index (χ2v) is 8.05. The number of benzene rings is 2. The average molecular weight is 430 g/mol. The molecular weight excluding hydrogens is 406 g/mol. The standard InChI is InChI=1S/C24H23N5OS/c1-18-9-11-21(12-10-18)25-15-23(30)27-26-14-20-17-29(16-19-6-3-2-4-7-19)28-24(20)22-8-5-13-31-22/h2-14,17,25H,15-16H2,1H3,(H,27,30)/b26-14+. The highest BCUT2D eigenvalue weighted by atomic mass is 32.1. The van der Waals surface area contributed by atoms with Gasteiger partial charge in [-0.3, -0.25) is 9.48 Å². The Morgan fingerprint density at radius 1 is 1.10 bits per heavy atom. The van der Waals surface area contributed by atoms with E-state index in [9.17, 15) is 4.79 Å². The van der Waals surface area contributed by atoms with Gasteiger partial charge < -0.3 is 5.32 Å². The van der Waals surface area contributed by atoms with Crippen molar-refractivity contribution in [3.63, 3.8) is 0 Å². The summed E-state index contributed by atoms with van der Waals surface area (Å²) in [5, 5.41) is 14.0. The van der Waals surface area contributed by atoms with Gasteiger partial charge in [0.05, 0.1) is 24.2 Å². The topological polar surface area (TPSA) is 71.3 Å². The second-order valence-electron chi connectivity index (χ2n) is 7.11. The average Bonchev–Trinajstić information content (AvgIpc) is 3.44. The van der Waals surface area contributed by atoms with Gasteiger partial charge in [-0.05, 0) is 36.1 Å². The monoisotopic (exact) mass is 429 g/mol. The number of aromatic nitrogens is 2. The highest BCUT2D eigenvalue weighted by Gasteiger charge is 2.11. The molecule has 156 valence electrons. The van der Waals surface area contributed by atoms with Crippen LogP contribution in [-0.4, -0.2) is 28.4 Å². The van der Waals surface area contributed by atoms with Crippen LogP contribution in [0.25, 0.3) is 10.6 Å². The summed E-state index contributed by atoms with van der Waals surface area (Å²) in [4.78, 5) is 13.2. The number of anilines is 1. The summed E-state index contributed by atoms with van der Waals surface area (Å²) in [5.41, 5.74) is 7.52. The second kappa shape index (κ2) is 9.86. The van der Waals surface area contributed by atoms with Crippen LogP contribution in [0, 0.1) is 6.92 Å². The molecule has 2 aromatic heterocycles. The van der Waals surface area contributed by atoms with Crippen LogP contribution in [0.15, 0.2) is 83.4 Å². The molecule has 2 N–H and O–H groups in total. The lowest BCUT2D eigenvalue weighted by molar-refractivity contribution is -0.119. The van der Waals surface area contributed by atoms with Crippen LogP contribution < -0.4 is 10.7 Å². The fraction of sp³-hybridized carbons (Fsp3) is 0.125. The minimum atomic E-state index is -0.217. The molecule has 0 saturated heterocycles. The minimum absolute atomic E-state index is 0.144. The van der Waals surface area contributed by atoms with E-state index in [-0.39, 0.29) is 12.5 Å². The summed E-state index contributed by atoms with van der Waals surface area (Å²) in [6.45, 7) is 2.84. The number of carbonyl (C=O) groups is 1. The lowest BCUT2D eigenvalue weighted by Gasteiger charge is -2.05. The van der Waals surface area contributed by atoms with Gasteiger partial charge in [0, 0.05) is 17.4 Å². The number of aryl methyl sites for hydroxylation is 1. The predicted molar refractivity (Wildman–Crippen MR) is 126 cm³/mol. The van der Waals surface area contributed by atoms with Gasteiger partial charge in [-0.2, -0.15) is 10.2 Å². The molecule has 2 aromatic carbocycles. The first kappa shape index (κ1) is 20.6. The molecule has 0 aliphatic rings. The molecule has 0 radical (unpaired) electrons. The van der Waals surface area contributed by atoms with Crippen molar-refractivity contribution in [1.82, 2.24) is 15.2 Å². The van der Waals surface area contributed by atoms with E-state index in [1.807, 2.05) is 77.8 Å². The molecule has 0 saturated carbocycles. The molecule has 1 amide bonds. The molecule has 31 heavy (non-hydrogen) atoms. The molecule has 7 heteroatoms. The van der Waals surface area contributed by atoms with Crippen molar-refractivity contribution in [1.29, 1.82) is 0 Å². The minimum Gasteiger partial charge on any atom is -0.376 e. The number of hydrogen-bond acceptors (Lipinski definition) is 5. The van der Waals surface area contributed by atoms with E-state index in [0.29, 0.717) is 6.54 Å². The Bertz CT molecular complexity index is 1150. The Balaban J connectivity index is 1.42. The molecule has 0 bridgehead atoms. The van der Waals surface area contributed by atoms with Crippen molar-refractivity contribution >= 4 is 29.1 Å². The lowest BCUT2D eigenvalue weighted by Crippen LogP contribution is -2.25. The van der Waals surface area contributed by atoms with Gasteiger partial charge in [0.1, 0.15) is 5.69 Å². The number of hydrogen-bond donors (Lipinski definition) is 2. The predicted octanol–water partition coefficient (Wildman–Crippen LogP) is 4.53. The fourth-order valence-electron chi connectivity index (χ4n) is 3.05. The Labute approximate surface area is 185 Å². The Hall–Kier alpha value is -3.71. The van der Waals surface area contributed by atoms with E-state index in [0.717, 1.165) is 21.8 Å². The van der Waals surface area contributed by atoms with Crippen LogP contribution in [0.1, 0.15) is 16.7 Å². The molecule has 0 unspecified atom stereocenters. The third-order valence-electron chi connectivity index (χ3n) is 4.63. The maximum absolute atomic E-state index is 12.1. The van der Waals surface area contributed by atoms with Crippen LogP contribution >= 0.6 is 11.3 Å². The van der Waals surface area contributed by atoms with Crippen molar-refractivity contribution in [3.05, 3.63) is 95.0 Å². The number of nitrogens with one attached hydrogen (secondary N) is 2. The van der Waals surface area contributed by atoms with Crippen LogP contribution in [0.5, 0.6) is 0 Å². The highest BCUT2D eigenvalue weighted by molar-refractivity contribution is 7.13. The van der Waals surface area contributed by atoms with Crippen LogP contribution in [-0.2, 0) is 11.3 Å². The Kier molecular flexibility index (Phi) is 6.54. The van der Waals surface area contributed by atoms with Crippen molar-refractivity contribution in [2.75, 3.05) is 11.9 Å². The molecule has 2 heterocycles. The summed E-state index contributed by atoms with van der Waals surface area (Å²) in [6, 6.07) is 22.1. The summed E-state index contributed by atoms with van der Waals surface area (Å²) >= 11 is 1.62. The molecule has 0 fully saturated rings. The van der Waals surface area contributed by atoms with Gasteiger partial charge >= 0.3 is 0 Å². The van der Waals surface area contributed by atoms with Gasteiger partial charge in [-0.15, -0.1) is 11.3 Å². The number of amides is 1. The maximum Gasteiger partial charge on any atom is 0.259 e. The molecular formula is C24H23N5OS. The first-order valence-electron chi connectivity index (χ1n) is 9.95. The first-order valence-corrected chi connectivity index (χ1v) is 10.8. The SMILES string of the molecule is Cc1ccc(NCC(=O)N/N=C/c2cn(Cc3ccccc3)nc2-c2cccs2)cc1. The summed E-state index contributed by atoms with van der Waals surface area (Å²) in [5.74, 6) is -0.217. The molecule has 4 rings (SSSR count). The summed E-state index contributed by atoms with van der Waals surface area (Å²) in [7, 11) is 0. The fourth-order valence-corrected chi connectivity index (χ4v) is 3.79. The van der Waals surface area contributed by atoms with E-state index < -0.39 is 0 Å². The van der Waals surface area contributed by atoms with Crippen molar-refractivity contribution in [2.45, 2.75) is 13.5 Å². The molecule has 0 spiro atoms. The number of rotatable bonds is 8. The van der Waals surface area contributed by atoms with Gasteiger partial charge in [0.25, 0.3) is 5.91 Å². The van der Waals surface area contributed by atoms with Crippen LogP contribution in [0.3, 0.4) is 0 Å². The molecule has 0 aliphatic heterocycles.